The van der Waals surface area contributed by atoms with Crippen molar-refractivity contribution in [3.8, 4) is 5.75 Å². The van der Waals surface area contributed by atoms with Crippen LogP contribution < -0.4 is 4.74 Å². The van der Waals surface area contributed by atoms with Crippen LogP contribution in [0.15, 0.2) is 52.5 Å². The second-order valence-electron chi connectivity index (χ2n) is 6.72. The maximum atomic E-state index is 12.9. The summed E-state index contributed by atoms with van der Waals surface area (Å²) in [5.41, 5.74) is 2.06. The van der Waals surface area contributed by atoms with Gasteiger partial charge in [-0.3, -0.25) is 9.59 Å². The first kappa shape index (κ1) is 21.1. The first-order valence-electron chi connectivity index (χ1n) is 9.06. The van der Waals surface area contributed by atoms with Crippen molar-refractivity contribution in [2.45, 2.75) is 13.0 Å². The maximum Gasteiger partial charge on any atom is 0.295 e. The zero-order valence-corrected chi connectivity index (χ0v) is 18.0. The van der Waals surface area contributed by atoms with Gasteiger partial charge in [-0.25, -0.2) is 0 Å². The van der Waals surface area contributed by atoms with Crippen molar-refractivity contribution in [2.24, 2.45) is 0 Å². The van der Waals surface area contributed by atoms with Crippen LogP contribution in [-0.2, 0) is 14.3 Å². The average molecular weight is 460 g/mol. The van der Waals surface area contributed by atoms with Crippen LogP contribution in [0.4, 0.5) is 0 Å². The fourth-order valence-electron chi connectivity index (χ4n) is 3.47. The van der Waals surface area contributed by atoms with Gasteiger partial charge in [0.05, 0.1) is 25.3 Å². The van der Waals surface area contributed by atoms with Gasteiger partial charge in [-0.05, 0) is 48.4 Å². The first-order chi connectivity index (χ1) is 13.9. The van der Waals surface area contributed by atoms with Crippen molar-refractivity contribution >= 4 is 33.4 Å². The number of methoxy groups -OCH3 is 2. The number of carbonyl (C=O) groups is 2. The summed E-state index contributed by atoms with van der Waals surface area (Å²) in [6.45, 7) is 2.36. The normalized spacial score (nSPS) is 18.3. The Morgan fingerprint density at radius 1 is 1.14 bits per heavy atom. The maximum absolute atomic E-state index is 12.9. The molecule has 1 aliphatic rings. The van der Waals surface area contributed by atoms with Crippen molar-refractivity contribution in [1.29, 1.82) is 0 Å². The summed E-state index contributed by atoms with van der Waals surface area (Å²) < 4.78 is 11.2. The molecular formula is C22H22BrNO5. The number of ether oxygens (including phenoxy) is 2. The largest absolute Gasteiger partial charge is 0.507 e. The highest BCUT2D eigenvalue weighted by atomic mass is 79.9. The van der Waals surface area contributed by atoms with Crippen LogP contribution in [0.1, 0.15) is 22.7 Å². The van der Waals surface area contributed by atoms with E-state index in [0.717, 1.165) is 15.6 Å². The Labute approximate surface area is 177 Å². The molecule has 1 amide bonds. The van der Waals surface area contributed by atoms with Crippen molar-refractivity contribution in [2.75, 3.05) is 27.4 Å². The first-order valence-corrected chi connectivity index (χ1v) is 9.86. The lowest BCUT2D eigenvalue weighted by Gasteiger charge is -2.25. The van der Waals surface area contributed by atoms with Gasteiger partial charge >= 0.3 is 0 Å². The fourth-order valence-corrected chi connectivity index (χ4v) is 3.74. The highest BCUT2D eigenvalue weighted by Crippen LogP contribution is 2.40. The number of aryl methyl sites for hydroxylation is 1. The monoisotopic (exact) mass is 459 g/mol. The molecule has 0 aliphatic carbocycles. The van der Waals surface area contributed by atoms with Gasteiger partial charge in [-0.1, -0.05) is 28.1 Å². The molecule has 2 aromatic rings. The molecule has 6 nitrogen and oxygen atoms in total. The SMILES string of the molecule is COCCN1C(=O)C(=O)/C(=C(/O)c2ccc(OC)c(C)c2)C1c1ccc(Br)cc1. The summed E-state index contributed by atoms with van der Waals surface area (Å²) >= 11 is 3.40. The predicted molar refractivity (Wildman–Crippen MR) is 113 cm³/mol. The third-order valence-electron chi connectivity index (χ3n) is 4.93. The van der Waals surface area contributed by atoms with E-state index in [-0.39, 0.29) is 24.5 Å². The van der Waals surface area contributed by atoms with Gasteiger partial charge in [-0.2, -0.15) is 0 Å². The van der Waals surface area contributed by atoms with Crippen LogP contribution in [-0.4, -0.2) is 49.1 Å². The number of aliphatic hydroxyl groups excluding tert-OH is 1. The number of Topliss-reactive ketones (excluding diaryl/α,β-unsaturated/α-hetero) is 1. The molecule has 0 saturated carbocycles. The number of ketones is 1. The minimum absolute atomic E-state index is 0.0676. The van der Waals surface area contributed by atoms with E-state index >= 15 is 0 Å². The Morgan fingerprint density at radius 2 is 1.83 bits per heavy atom. The third-order valence-corrected chi connectivity index (χ3v) is 5.46. The van der Waals surface area contributed by atoms with E-state index in [1.807, 2.05) is 31.2 Å². The predicted octanol–water partition coefficient (Wildman–Crippen LogP) is 3.83. The van der Waals surface area contributed by atoms with Gasteiger partial charge in [-0.15, -0.1) is 0 Å². The van der Waals surface area contributed by atoms with Gasteiger partial charge < -0.3 is 19.5 Å². The standard InChI is InChI=1S/C22H22BrNO5/c1-13-12-15(6-9-17(13)29-3)20(25)18-19(14-4-7-16(23)8-5-14)24(10-11-28-2)22(27)21(18)26/h4-9,12,19,25H,10-11H2,1-3H3/b20-18+. The molecule has 0 spiro atoms. The molecule has 2 aromatic carbocycles. The van der Waals surface area contributed by atoms with Gasteiger partial charge in [0.1, 0.15) is 11.5 Å². The molecule has 1 fully saturated rings. The minimum atomic E-state index is -0.708. The van der Waals surface area contributed by atoms with Crippen LogP contribution >= 0.6 is 15.9 Å². The molecule has 0 bridgehead atoms. The molecule has 0 radical (unpaired) electrons. The molecule has 1 unspecified atom stereocenters. The Morgan fingerprint density at radius 3 is 2.41 bits per heavy atom. The third kappa shape index (κ3) is 4.06. The van der Waals surface area contributed by atoms with E-state index in [4.69, 9.17) is 9.47 Å². The fraction of sp³-hybridized carbons (Fsp3) is 0.273. The van der Waals surface area contributed by atoms with Crippen molar-refractivity contribution < 1.29 is 24.2 Å². The number of likely N-dealkylation sites (tertiary alicyclic amines) is 1. The molecule has 152 valence electrons. The molecule has 1 aliphatic heterocycles. The molecule has 29 heavy (non-hydrogen) atoms. The highest BCUT2D eigenvalue weighted by Gasteiger charge is 2.45. The Hall–Kier alpha value is -2.64. The van der Waals surface area contributed by atoms with Crippen molar-refractivity contribution in [3.63, 3.8) is 0 Å². The number of amides is 1. The Balaban J connectivity index is 2.15. The van der Waals surface area contributed by atoms with E-state index < -0.39 is 17.7 Å². The van der Waals surface area contributed by atoms with Crippen molar-refractivity contribution in [1.82, 2.24) is 4.90 Å². The Bertz CT molecular complexity index is 968. The number of hydrogen-bond acceptors (Lipinski definition) is 5. The molecule has 7 heteroatoms. The average Bonchev–Trinajstić information content (AvgIpc) is 2.96. The zero-order chi connectivity index (χ0) is 21.1. The molecule has 3 rings (SSSR count). The number of aliphatic hydroxyl groups is 1. The van der Waals surface area contributed by atoms with E-state index in [1.165, 1.54) is 12.0 Å². The van der Waals surface area contributed by atoms with Crippen LogP contribution in [0.25, 0.3) is 5.76 Å². The number of hydrogen-bond donors (Lipinski definition) is 1. The summed E-state index contributed by atoms with van der Waals surface area (Å²) in [7, 11) is 3.10. The number of rotatable bonds is 6. The number of halogens is 1. The summed E-state index contributed by atoms with van der Waals surface area (Å²) in [5.74, 6) is -0.893. The summed E-state index contributed by atoms with van der Waals surface area (Å²) in [5, 5.41) is 11.0. The van der Waals surface area contributed by atoms with Crippen LogP contribution in [0.5, 0.6) is 5.75 Å². The van der Waals surface area contributed by atoms with E-state index in [2.05, 4.69) is 15.9 Å². The van der Waals surface area contributed by atoms with E-state index in [0.29, 0.717) is 11.3 Å². The van der Waals surface area contributed by atoms with Gasteiger partial charge in [0.15, 0.2) is 0 Å². The van der Waals surface area contributed by atoms with Gasteiger partial charge in [0, 0.05) is 23.7 Å². The molecule has 1 N–H and O–H groups in total. The lowest BCUT2D eigenvalue weighted by Crippen LogP contribution is -2.32. The van der Waals surface area contributed by atoms with Gasteiger partial charge in [0.25, 0.3) is 11.7 Å². The second kappa shape index (κ2) is 8.80. The van der Waals surface area contributed by atoms with Crippen LogP contribution in [0, 0.1) is 6.92 Å². The van der Waals surface area contributed by atoms with E-state index in [9.17, 15) is 14.7 Å². The number of benzene rings is 2. The molecule has 1 heterocycles. The number of carbonyl (C=O) groups excluding carboxylic acids is 2. The molecule has 1 saturated heterocycles. The lowest BCUT2D eigenvalue weighted by molar-refractivity contribution is -0.140. The highest BCUT2D eigenvalue weighted by molar-refractivity contribution is 9.10. The Kier molecular flexibility index (Phi) is 6.39. The summed E-state index contributed by atoms with van der Waals surface area (Å²) in [4.78, 5) is 27.0. The molecule has 1 atom stereocenters. The smallest absolute Gasteiger partial charge is 0.295 e. The van der Waals surface area contributed by atoms with Crippen molar-refractivity contribution in [3.05, 3.63) is 69.2 Å². The summed E-state index contributed by atoms with van der Waals surface area (Å²) in [6.07, 6.45) is 0. The molecular weight excluding hydrogens is 438 g/mol. The summed E-state index contributed by atoms with van der Waals surface area (Å²) in [6, 6.07) is 11.8. The van der Waals surface area contributed by atoms with Crippen LogP contribution in [0.3, 0.4) is 0 Å². The van der Waals surface area contributed by atoms with Crippen LogP contribution in [0.2, 0.25) is 0 Å². The quantitative estimate of drug-likeness (QED) is 0.403. The minimum Gasteiger partial charge on any atom is -0.507 e. The van der Waals surface area contributed by atoms with Gasteiger partial charge in [0.2, 0.25) is 0 Å². The topological polar surface area (TPSA) is 76.1 Å². The second-order valence-corrected chi connectivity index (χ2v) is 7.64. The van der Waals surface area contributed by atoms with E-state index in [1.54, 1.807) is 25.3 Å². The number of nitrogens with zero attached hydrogens (tertiary/aromatic N) is 1. The molecule has 0 aromatic heterocycles. The lowest BCUT2D eigenvalue weighted by atomic mass is 9.95. The zero-order valence-electron chi connectivity index (χ0n) is 16.4.